The molecule has 0 saturated heterocycles. The monoisotopic (exact) mass is 187 g/mol. The van der Waals surface area contributed by atoms with Crippen molar-refractivity contribution >= 4 is 12.4 Å². The molecule has 0 aromatic carbocycles. The third-order valence-electron chi connectivity index (χ3n) is 2.03. The van der Waals surface area contributed by atoms with E-state index in [1.165, 1.54) is 0 Å². The van der Waals surface area contributed by atoms with E-state index in [2.05, 4.69) is 5.32 Å². The highest BCUT2D eigenvalue weighted by Crippen LogP contribution is 2.17. The topological polar surface area (TPSA) is 66.4 Å². The quantitative estimate of drug-likeness (QED) is 0.588. The molecule has 1 amide bonds. The molecule has 0 fully saturated rings. The predicted molar refractivity (Wildman–Crippen MR) is 49.4 cm³/mol. The zero-order valence-corrected chi connectivity index (χ0v) is 8.17. The van der Waals surface area contributed by atoms with Crippen LogP contribution in [0, 0.1) is 0 Å². The molecule has 0 aliphatic rings. The summed E-state index contributed by atoms with van der Waals surface area (Å²) >= 11 is 0. The van der Waals surface area contributed by atoms with Crippen LogP contribution in [0.15, 0.2) is 0 Å². The number of hydrogen-bond acceptors (Lipinski definition) is 2. The van der Waals surface area contributed by atoms with Crippen LogP contribution in [0.5, 0.6) is 0 Å². The maximum Gasteiger partial charge on any atom is 0.305 e. The lowest BCUT2D eigenvalue weighted by Crippen LogP contribution is -2.43. The van der Waals surface area contributed by atoms with Gasteiger partial charge in [-0.3, -0.25) is 9.59 Å². The molecule has 1 unspecified atom stereocenters. The minimum absolute atomic E-state index is 0.0221. The van der Waals surface area contributed by atoms with E-state index in [4.69, 9.17) is 5.11 Å². The van der Waals surface area contributed by atoms with Crippen LogP contribution < -0.4 is 5.32 Å². The number of carbonyl (C=O) groups excluding carboxylic acids is 1. The zero-order valence-electron chi connectivity index (χ0n) is 8.17. The summed E-state index contributed by atoms with van der Waals surface area (Å²) < 4.78 is 0. The molecule has 0 aromatic heterocycles. The van der Waals surface area contributed by atoms with Gasteiger partial charge in [0.15, 0.2) is 0 Å². The molecule has 0 heterocycles. The van der Waals surface area contributed by atoms with Gasteiger partial charge in [0, 0.05) is 5.54 Å². The van der Waals surface area contributed by atoms with Crippen LogP contribution in [0.1, 0.15) is 39.5 Å². The number of unbranched alkanes of at least 4 members (excludes halogenated alkanes) is 1. The molecule has 13 heavy (non-hydrogen) atoms. The molecule has 1 atom stereocenters. The van der Waals surface area contributed by atoms with E-state index in [9.17, 15) is 9.59 Å². The molecular formula is C9H17NO3. The Kier molecular flexibility index (Phi) is 5.11. The second-order valence-corrected chi connectivity index (χ2v) is 3.50. The number of carboxylic acids is 1. The molecule has 0 aromatic rings. The summed E-state index contributed by atoms with van der Waals surface area (Å²) in [4.78, 5) is 20.8. The Balaban J connectivity index is 4.14. The second-order valence-electron chi connectivity index (χ2n) is 3.50. The van der Waals surface area contributed by atoms with Crippen LogP contribution in [0.2, 0.25) is 0 Å². The van der Waals surface area contributed by atoms with Gasteiger partial charge in [-0.25, -0.2) is 0 Å². The normalized spacial score (nSPS) is 14.6. The predicted octanol–water partition coefficient (Wildman–Crippen LogP) is 1.16. The van der Waals surface area contributed by atoms with Crippen LogP contribution in [0.3, 0.4) is 0 Å². The maximum absolute atomic E-state index is 10.5. The van der Waals surface area contributed by atoms with E-state index in [1.54, 1.807) is 6.92 Å². The summed E-state index contributed by atoms with van der Waals surface area (Å²) in [6.45, 7) is 3.78. The molecule has 4 heteroatoms. The number of carbonyl (C=O) groups is 2. The first kappa shape index (κ1) is 11.9. The average Bonchev–Trinajstić information content (AvgIpc) is 2.00. The van der Waals surface area contributed by atoms with Crippen molar-refractivity contribution in [1.82, 2.24) is 5.32 Å². The molecule has 4 nitrogen and oxygen atoms in total. The fourth-order valence-corrected chi connectivity index (χ4v) is 1.25. The van der Waals surface area contributed by atoms with Gasteiger partial charge >= 0.3 is 5.97 Å². The molecule has 76 valence electrons. The molecule has 2 N–H and O–H groups in total. The highest BCUT2D eigenvalue weighted by atomic mass is 16.4. The zero-order chi connectivity index (χ0) is 10.3. The van der Waals surface area contributed by atoms with Crippen molar-refractivity contribution in [3.63, 3.8) is 0 Å². The minimum Gasteiger partial charge on any atom is -0.481 e. The molecule has 0 aliphatic heterocycles. The molecule has 0 spiro atoms. The number of amides is 1. The Morgan fingerprint density at radius 1 is 1.62 bits per heavy atom. The summed E-state index contributed by atoms with van der Waals surface area (Å²) in [5, 5.41) is 11.2. The Morgan fingerprint density at radius 2 is 2.23 bits per heavy atom. The lowest BCUT2D eigenvalue weighted by molar-refractivity contribution is -0.138. The van der Waals surface area contributed by atoms with E-state index >= 15 is 0 Å². The van der Waals surface area contributed by atoms with Crippen molar-refractivity contribution < 1.29 is 14.7 Å². The van der Waals surface area contributed by atoms with Gasteiger partial charge < -0.3 is 10.4 Å². The lowest BCUT2D eigenvalue weighted by Gasteiger charge is -2.26. The van der Waals surface area contributed by atoms with Crippen molar-refractivity contribution in [2.45, 2.75) is 45.1 Å². The summed E-state index contributed by atoms with van der Waals surface area (Å²) in [5.74, 6) is -0.882. The minimum atomic E-state index is -0.882. The molecule has 0 radical (unpaired) electrons. The largest absolute Gasteiger partial charge is 0.481 e. The van der Waals surface area contributed by atoms with Crippen molar-refractivity contribution in [1.29, 1.82) is 0 Å². The molecule has 0 saturated carbocycles. The van der Waals surface area contributed by atoms with Gasteiger partial charge in [-0.2, -0.15) is 0 Å². The number of rotatable bonds is 7. The van der Waals surface area contributed by atoms with Gasteiger partial charge in [-0.15, -0.1) is 0 Å². The smallest absolute Gasteiger partial charge is 0.305 e. The number of aliphatic carboxylic acids is 1. The van der Waals surface area contributed by atoms with E-state index in [0.29, 0.717) is 12.8 Å². The Bertz CT molecular complexity index is 182. The maximum atomic E-state index is 10.5. The standard InChI is InChI=1S/C9H17NO3/c1-3-4-5-9(2,10-7-11)6-8(12)13/h7H,3-6H2,1-2H3,(H,10,11)(H,12,13). The SMILES string of the molecule is CCCCC(C)(CC(=O)O)NC=O. The van der Waals surface area contributed by atoms with Crippen molar-refractivity contribution in [3.8, 4) is 0 Å². The van der Waals surface area contributed by atoms with Crippen LogP contribution in [0.25, 0.3) is 0 Å². The van der Waals surface area contributed by atoms with E-state index in [0.717, 1.165) is 12.8 Å². The van der Waals surface area contributed by atoms with Gasteiger partial charge in [0.2, 0.25) is 6.41 Å². The van der Waals surface area contributed by atoms with E-state index in [-0.39, 0.29) is 6.42 Å². The fourth-order valence-electron chi connectivity index (χ4n) is 1.25. The van der Waals surface area contributed by atoms with Gasteiger partial charge in [0.25, 0.3) is 0 Å². The molecule has 0 bridgehead atoms. The first-order chi connectivity index (χ1) is 6.04. The lowest BCUT2D eigenvalue weighted by atomic mass is 9.91. The Labute approximate surface area is 78.3 Å². The van der Waals surface area contributed by atoms with Crippen LogP contribution in [-0.4, -0.2) is 23.0 Å². The number of nitrogens with one attached hydrogen (secondary N) is 1. The summed E-state index contributed by atoms with van der Waals surface area (Å²) in [6, 6.07) is 0. The third-order valence-corrected chi connectivity index (χ3v) is 2.03. The highest BCUT2D eigenvalue weighted by molar-refractivity contribution is 5.69. The number of carboxylic acid groups (broad SMARTS) is 1. The first-order valence-corrected chi connectivity index (χ1v) is 4.47. The summed E-state index contributed by atoms with van der Waals surface area (Å²) in [7, 11) is 0. The Morgan fingerprint density at radius 3 is 2.62 bits per heavy atom. The van der Waals surface area contributed by atoms with Crippen molar-refractivity contribution in [3.05, 3.63) is 0 Å². The van der Waals surface area contributed by atoms with Crippen molar-refractivity contribution in [2.75, 3.05) is 0 Å². The van der Waals surface area contributed by atoms with Crippen LogP contribution in [0.4, 0.5) is 0 Å². The van der Waals surface area contributed by atoms with E-state index < -0.39 is 11.5 Å². The molecule has 0 aliphatic carbocycles. The summed E-state index contributed by atoms with van der Waals surface area (Å²) in [5.41, 5.74) is -0.594. The highest BCUT2D eigenvalue weighted by Gasteiger charge is 2.25. The Hall–Kier alpha value is -1.06. The first-order valence-electron chi connectivity index (χ1n) is 4.47. The van der Waals surface area contributed by atoms with Crippen LogP contribution >= 0.6 is 0 Å². The third kappa shape index (κ3) is 5.22. The van der Waals surface area contributed by atoms with Gasteiger partial charge in [-0.1, -0.05) is 19.8 Å². The molecule has 0 rings (SSSR count). The fraction of sp³-hybridized carbons (Fsp3) is 0.778. The second kappa shape index (κ2) is 5.56. The number of hydrogen-bond donors (Lipinski definition) is 2. The molecular weight excluding hydrogens is 170 g/mol. The van der Waals surface area contributed by atoms with Gasteiger partial charge in [-0.05, 0) is 13.3 Å². The van der Waals surface area contributed by atoms with Crippen LogP contribution in [-0.2, 0) is 9.59 Å². The van der Waals surface area contributed by atoms with E-state index in [1.807, 2.05) is 6.92 Å². The summed E-state index contributed by atoms with van der Waals surface area (Å²) in [6.07, 6.45) is 3.17. The van der Waals surface area contributed by atoms with Crippen molar-refractivity contribution in [2.24, 2.45) is 0 Å². The average molecular weight is 187 g/mol. The van der Waals surface area contributed by atoms with Gasteiger partial charge in [0.1, 0.15) is 0 Å². The van der Waals surface area contributed by atoms with Gasteiger partial charge in [0.05, 0.1) is 6.42 Å².